The molecule has 0 aromatic carbocycles. The third kappa shape index (κ3) is 2.49. The van der Waals surface area contributed by atoms with E-state index in [1.807, 2.05) is 25.7 Å². The topological polar surface area (TPSA) is 49.4 Å². The Labute approximate surface area is 115 Å². The molecular weight excluding hydrogens is 240 g/mol. The van der Waals surface area contributed by atoms with Gasteiger partial charge in [-0.05, 0) is 38.0 Å². The lowest BCUT2D eigenvalue weighted by molar-refractivity contribution is -0.156. The van der Waals surface area contributed by atoms with Crippen LogP contribution in [0.5, 0.6) is 0 Å². The molecule has 1 saturated carbocycles. The van der Waals surface area contributed by atoms with E-state index in [2.05, 4.69) is 12.2 Å². The zero-order chi connectivity index (χ0) is 14.2. The molecule has 3 atom stereocenters. The quantitative estimate of drug-likeness (QED) is 0.845. The molecule has 108 valence electrons. The van der Waals surface area contributed by atoms with E-state index in [4.69, 9.17) is 0 Å². The van der Waals surface area contributed by atoms with Crippen LogP contribution in [0, 0.1) is 11.8 Å². The lowest BCUT2D eigenvalue weighted by Crippen LogP contribution is -2.67. The van der Waals surface area contributed by atoms with Gasteiger partial charge in [0.25, 0.3) is 0 Å². The molecule has 2 aliphatic rings. The smallest absolute Gasteiger partial charge is 0.246 e. The van der Waals surface area contributed by atoms with Crippen LogP contribution < -0.4 is 5.32 Å². The average Bonchev–Trinajstić information content (AvgIpc) is 2.28. The molecule has 1 N–H and O–H groups in total. The highest BCUT2D eigenvalue weighted by Crippen LogP contribution is 2.35. The first-order valence-corrected chi connectivity index (χ1v) is 7.59. The highest BCUT2D eigenvalue weighted by Gasteiger charge is 2.45. The first-order chi connectivity index (χ1) is 8.97. The van der Waals surface area contributed by atoms with Gasteiger partial charge in [0.2, 0.25) is 11.8 Å². The summed E-state index contributed by atoms with van der Waals surface area (Å²) in [4.78, 5) is 26.8. The summed E-state index contributed by atoms with van der Waals surface area (Å²) in [6.07, 6.45) is 4.30. The fourth-order valence-corrected chi connectivity index (χ4v) is 3.27. The van der Waals surface area contributed by atoms with E-state index in [1.54, 1.807) is 0 Å². The maximum atomic E-state index is 12.6. The average molecular weight is 266 g/mol. The molecule has 1 aliphatic carbocycles. The number of carbonyl (C=O) groups is 2. The van der Waals surface area contributed by atoms with Crippen LogP contribution in [0.4, 0.5) is 0 Å². The van der Waals surface area contributed by atoms with Gasteiger partial charge in [0, 0.05) is 6.04 Å². The van der Waals surface area contributed by atoms with E-state index < -0.39 is 0 Å². The van der Waals surface area contributed by atoms with Gasteiger partial charge < -0.3 is 10.2 Å². The Morgan fingerprint density at radius 3 is 2.32 bits per heavy atom. The van der Waals surface area contributed by atoms with Gasteiger partial charge in [-0.15, -0.1) is 0 Å². The number of nitrogens with zero attached hydrogens (tertiary/aromatic N) is 1. The lowest BCUT2D eigenvalue weighted by atomic mass is 9.78. The van der Waals surface area contributed by atoms with Crippen LogP contribution in [0.1, 0.15) is 53.4 Å². The van der Waals surface area contributed by atoms with Crippen molar-refractivity contribution in [2.24, 2.45) is 11.8 Å². The molecule has 1 heterocycles. The Hall–Kier alpha value is -1.06. The summed E-state index contributed by atoms with van der Waals surface area (Å²) in [5, 5.41) is 2.88. The predicted octanol–water partition coefficient (Wildman–Crippen LogP) is 1.94. The van der Waals surface area contributed by atoms with Crippen LogP contribution in [-0.2, 0) is 9.59 Å². The van der Waals surface area contributed by atoms with Crippen LogP contribution in [0.2, 0.25) is 0 Å². The molecule has 4 heteroatoms. The molecule has 3 unspecified atom stereocenters. The Bertz CT molecular complexity index is 363. The van der Waals surface area contributed by atoms with Gasteiger partial charge in [0.05, 0.1) is 0 Å². The summed E-state index contributed by atoms with van der Waals surface area (Å²) in [5.74, 6) is 0.866. The molecule has 0 bridgehead atoms. The van der Waals surface area contributed by atoms with E-state index in [-0.39, 0.29) is 35.9 Å². The van der Waals surface area contributed by atoms with E-state index in [0.29, 0.717) is 12.3 Å². The Balaban J connectivity index is 2.25. The molecule has 2 fully saturated rings. The second-order valence-corrected chi connectivity index (χ2v) is 6.34. The van der Waals surface area contributed by atoms with Crippen LogP contribution in [-0.4, -0.2) is 34.8 Å². The maximum absolute atomic E-state index is 12.6. The summed E-state index contributed by atoms with van der Waals surface area (Å²) < 4.78 is 0. The summed E-state index contributed by atoms with van der Waals surface area (Å²) in [5.41, 5.74) is 0. The fraction of sp³-hybridized carbons (Fsp3) is 0.867. The van der Waals surface area contributed by atoms with Gasteiger partial charge in [0.1, 0.15) is 12.1 Å². The Morgan fingerprint density at radius 1 is 1.26 bits per heavy atom. The molecular formula is C15H26N2O2. The van der Waals surface area contributed by atoms with Crippen LogP contribution in [0.3, 0.4) is 0 Å². The molecule has 0 radical (unpaired) electrons. The van der Waals surface area contributed by atoms with Crippen molar-refractivity contribution in [3.8, 4) is 0 Å². The molecule has 1 saturated heterocycles. The minimum absolute atomic E-state index is 0.0209. The second kappa shape index (κ2) is 5.51. The first-order valence-electron chi connectivity index (χ1n) is 7.59. The molecule has 2 rings (SSSR count). The summed E-state index contributed by atoms with van der Waals surface area (Å²) in [6, 6.07) is -0.440. The molecule has 1 aliphatic heterocycles. The third-order valence-corrected chi connectivity index (χ3v) is 4.75. The zero-order valence-electron chi connectivity index (χ0n) is 12.5. The number of nitrogens with one attached hydrogen (secondary N) is 1. The summed E-state index contributed by atoms with van der Waals surface area (Å²) in [7, 11) is 0. The van der Waals surface area contributed by atoms with Crippen molar-refractivity contribution < 1.29 is 9.59 Å². The van der Waals surface area contributed by atoms with Crippen molar-refractivity contribution in [3.05, 3.63) is 0 Å². The van der Waals surface area contributed by atoms with E-state index in [9.17, 15) is 9.59 Å². The second-order valence-electron chi connectivity index (χ2n) is 6.34. The Kier molecular flexibility index (Phi) is 4.16. The normalized spacial score (nSPS) is 30.3. The van der Waals surface area contributed by atoms with Gasteiger partial charge in [-0.1, -0.05) is 27.2 Å². The van der Waals surface area contributed by atoms with Crippen LogP contribution >= 0.6 is 0 Å². The molecule has 2 amide bonds. The largest absolute Gasteiger partial charge is 0.343 e. The van der Waals surface area contributed by atoms with E-state index >= 15 is 0 Å². The Morgan fingerprint density at radius 2 is 1.89 bits per heavy atom. The molecule has 19 heavy (non-hydrogen) atoms. The van der Waals surface area contributed by atoms with Gasteiger partial charge >= 0.3 is 0 Å². The number of piperazine rings is 1. The number of carbonyl (C=O) groups excluding carboxylic acids is 2. The predicted molar refractivity (Wildman–Crippen MR) is 74.5 cm³/mol. The minimum Gasteiger partial charge on any atom is -0.343 e. The standard InChI is InChI=1S/C15H26N2O2/c1-5-12-15(19)17(10(4)11-7-6-8-11)13(9(2)3)14(18)16-12/h9-13H,5-8H2,1-4H3,(H,16,18). The molecule has 4 nitrogen and oxygen atoms in total. The maximum Gasteiger partial charge on any atom is 0.246 e. The first kappa shape index (κ1) is 14.4. The van der Waals surface area contributed by atoms with Gasteiger partial charge in [0.15, 0.2) is 0 Å². The van der Waals surface area contributed by atoms with Crippen LogP contribution in [0.25, 0.3) is 0 Å². The number of hydrogen-bond donors (Lipinski definition) is 1. The molecule has 0 aromatic heterocycles. The fourth-order valence-electron chi connectivity index (χ4n) is 3.27. The van der Waals surface area contributed by atoms with Crippen molar-refractivity contribution in [1.82, 2.24) is 10.2 Å². The third-order valence-electron chi connectivity index (χ3n) is 4.75. The monoisotopic (exact) mass is 266 g/mol. The molecule has 0 aromatic rings. The number of rotatable bonds is 4. The highest BCUT2D eigenvalue weighted by molar-refractivity contribution is 5.97. The number of hydrogen-bond acceptors (Lipinski definition) is 2. The van der Waals surface area contributed by atoms with Gasteiger partial charge in [-0.3, -0.25) is 9.59 Å². The lowest BCUT2D eigenvalue weighted by Gasteiger charge is -2.47. The van der Waals surface area contributed by atoms with Gasteiger partial charge in [-0.25, -0.2) is 0 Å². The minimum atomic E-state index is -0.329. The van der Waals surface area contributed by atoms with Crippen molar-refractivity contribution in [2.75, 3.05) is 0 Å². The van der Waals surface area contributed by atoms with Crippen LogP contribution in [0.15, 0.2) is 0 Å². The van der Waals surface area contributed by atoms with E-state index in [1.165, 1.54) is 19.3 Å². The SMILES string of the molecule is CCC1NC(=O)C(C(C)C)N(C(C)C2CCC2)C1=O. The molecule has 0 spiro atoms. The summed E-state index contributed by atoms with van der Waals surface area (Å²) in [6.45, 7) is 8.10. The van der Waals surface area contributed by atoms with Crippen molar-refractivity contribution >= 4 is 11.8 Å². The number of amides is 2. The van der Waals surface area contributed by atoms with E-state index in [0.717, 1.165) is 0 Å². The van der Waals surface area contributed by atoms with Crippen molar-refractivity contribution in [2.45, 2.75) is 71.5 Å². The zero-order valence-corrected chi connectivity index (χ0v) is 12.5. The van der Waals surface area contributed by atoms with Crippen molar-refractivity contribution in [1.29, 1.82) is 0 Å². The van der Waals surface area contributed by atoms with Crippen molar-refractivity contribution in [3.63, 3.8) is 0 Å². The van der Waals surface area contributed by atoms with Gasteiger partial charge in [-0.2, -0.15) is 0 Å². The summed E-state index contributed by atoms with van der Waals surface area (Å²) >= 11 is 0. The highest BCUT2D eigenvalue weighted by atomic mass is 16.2.